The first kappa shape index (κ1) is 13.7. The average Bonchev–Trinajstić information content (AvgIpc) is 2.65. The van der Waals surface area contributed by atoms with Gasteiger partial charge in [-0.2, -0.15) is 0 Å². The average molecular weight is 263 g/mol. The molecular weight excluding hydrogens is 242 g/mol. The van der Waals surface area contributed by atoms with Crippen LogP contribution in [0.25, 0.3) is 0 Å². The number of carboxylic acids is 1. The number of methoxy groups -OCH3 is 1. The fraction of sp³-hybridized carbons (Fsp3) is 0.533. The molecule has 1 aromatic rings. The highest BCUT2D eigenvalue weighted by molar-refractivity contribution is 5.74. The molecule has 1 aromatic carbocycles. The van der Waals surface area contributed by atoms with E-state index in [1.165, 1.54) is 11.3 Å². The van der Waals surface area contributed by atoms with Crippen LogP contribution in [-0.2, 0) is 11.2 Å². The third kappa shape index (κ3) is 2.53. The summed E-state index contributed by atoms with van der Waals surface area (Å²) in [6.07, 6.45) is 1.51. The monoisotopic (exact) mass is 263 g/mol. The van der Waals surface area contributed by atoms with Crippen molar-refractivity contribution in [3.63, 3.8) is 0 Å². The van der Waals surface area contributed by atoms with Gasteiger partial charge < -0.3 is 14.7 Å². The lowest BCUT2D eigenvalue weighted by molar-refractivity contribution is -0.147. The number of fused-ring (bicyclic) bond motifs is 1. The number of hydrogen-bond donors (Lipinski definition) is 1. The van der Waals surface area contributed by atoms with Crippen molar-refractivity contribution in [2.45, 2.75) is 32.7 Å². The van der Waals surface area contributed by atoms with E-state index < -0.39 is 11.4 Å². The third-order valence-electron chi connectivity index (χ3n) is 3.99. The van der Waals surface area contributed by atoms with E-state index in [4.69, 9.17) is 4.74 Å². The molecule has 1 atom stereocenters. The first-order chi connectivity index (χ1) is 8.85. The van der Waals surface area contributed by atoms with Crippen molar-refractivity contribution < 1.29 is 14.6 Å². The number of anilines is 1. The van der Waals surface area contributed by atoms with Crippen LogP contribution in [0.4, 0.5) is 5.69 Å². The van der Waals surface area contributed by atoms with Crippen molar-refractivity contribution in [3.05, 3.63) is 23.8 Å². The van der Waals surface area contributed by atoms with Crippen LogP contribution in [0.3, 0.4) is 0 Å². The van der Waals surface area contributed by atoms with Gasteiger partial charge in [-0.25, -0.2) is 0 Å². The van der Waals surface area contributed by atoms with E-state index in [0.29, 0.717) is 6.42 Å². The van der Waals surface area contributed by atoms with Gasteiger partial charge in [-0.3, -0.25) is 4.79 Å². The molecular formula is C15H21NO3. The number of aliphatic carboxylic acids is 1. The van der Waals surface area contributed by atoms with Crippen molar-refractivity contribution in [1.29, 1.82) is 0 Å². The maximum Gasteiger partial charge on any atom is 0.309 e. The van der Waals surface area contributed by atoms with E-state index >= 15 is 0 Å². The summed E-state index contributed by atoms with van der Waals surface area (Å²) >= 11 is 0. The highest BCUT2D eigenvalue weighted by Gasteiger charge is 2.36. The quantitative estimate of drug-likeness (QED) is 0.907. The number of carboxylic acid groups (broad SMARTS) is 1. The smallest absolute Gasteiger partial charge is 0.309 e. The molecule has 2 rings (SSSR count). The van der Waals surface area contributed by atoms with Crippen molar-refractivity contribution in [1.82, 2.24) is 0 Å². The molecule has 0 aliphatic carbocycles. The van der Waals surface area contributed by atoms with Gasteiger partial charge in [0.2, 0.25) is 0 Å². The van der Waals surface area contributed by atoms with Gasteiger partial charge in [0.1, 0.15) is 5.75 Å². The summed E-state index contributed by atoms with van der Waals surface area (Å²) < 4.78 is 5.24. The number of likely N-dealkylation sites (N-methyl/N-ethyl adjacent to an activating group) is 1. The minimum atomic E-state index is -0.741. The molecule has 4 heteroatoms. The molecule has 0 amide bonds. The zero-order valence-corrected chi connectivity index (χ0v) is 11.9. The molecule has 1 aliphatic heterocycles. The molecule has 1 heterocycles. The Morgan fingerprint density at radius 3 is 2.79 bits per heavy atom. The van der Waals surface area contributed by atoms with Crippen molar-refractivity contribution in [2.75, 3.05) is 19.1 Å². The van der Waals surface area contributed by atoms with E-state index in [-0.39, 0.29) is 6.04 Å². The van der Waals surface area contributed by atoms with Crippen LogP contribution in [0.1, 0.15) is 25.8 Å². The standard InChI is InChI=1S/C15H21NO3/c1-15(2,14(17)18)9-11-7-10-8-12(19-4)5-6-13(10)16(11)3/h5-6,8,11H,7,9H2,1-4H3,(H,17,18). The summed E-state index contributed by atoms with van der Waals surface area (Å²) in [6.45, 7) is 3.57. The topological polar surface area (TPSA) is 49.8 Å². The van der Waals surface area contributed by atoms with Gasteiger partial charge in [0.25, 0.3) is 0 Å². The first-order valence-electron chi connectivity index (χ1n) is 6.48. The van der Waals surface area contributed by atoms with E-state index in [1.807, 2.05) is 25.2 Å². The minimum Gasteiger partial charge on any atom is -0.497 e. The molecule has 1 N–H and O–H groups in total. The van der Waals surface area contributed by atoms with Crippen LogP contribution in [-0.4, -0.2) is 31.3 Å². The third-order valence-corrected chi connectivity index (χ3v) is 3.99. The Hall–Kier alpha value is -1.71. The molecule has 1 unspecified atom stereocenters. The summed E-state index contributed by atoms with van der Waals surface area (Å²) in [6, 6.07) is 6.26. The number of carbonyl (C=O) groups is 1. The first-order valence-corrected chi connectivity index (χ1v) is 6.48. The lowest BCUT2D eigenvalue weighted by Crippen LogP contribution is -2.36. The summed E-state index contributed by atoms with van der Waals surface area (Å²) in [4.78, 5) is 13.4. The fourth-order valence-electron chi connectivity index (χ4n) is 2.67. The molecule has 0 aromatic heterocycles. The second-order valence-electron chi connectivity index (χ2n) is 5.86. The second kappa shape index (κ2) is 4.76. The summed E-state index contributed by atoms with van der Waals surface area (Å²) in [5.74, 6) is 0.111. The zero-order valence-electron chi connectivity index (χ0n) is 11.9. The normalized spacial score (nSPS) is 18.3. The number of rotatable bonds is 4. The van der Waals surface area contributed by atoms with Gasteiger partial charge in [-0.15, -0.1) is 0 Å². The SMILES string of the molecule is COc1ccc2c(c1)CC(CC(C)(C)C(=O)O)N2C. The van der Waals surface area contributed by atoms with E-state index in [0.717, 1.165) is 12.2 Å². The molecule has 0 spiro atoms. The number of benzene rings is 1. The number of nitrogens with zero attached hydrogens (tertiary/aromatic N) is 1. The molecule has 0 fully saturated rings. The zero-order chi connectivity index (χ0) is 14.2. The molecule has 4 nitrogen and oxygen atoms in total. The Bertz CT molecular complexity index is 496. The summed E-state index contributed by atoms with van der Waals surface area (Å²) in [5, 5.41) is 9.25. The highest BCUT2D eigenvalue weighted by atomic mass is 16.5. The molecule has 0 bridgehead atoms. The Balaban J connectivity index is 2.19. The van der Waals surface area contributed by atoms with Crippen LogP contribution < -0.4 is 9.64 Å². The number of ether oxygens (including phenoxy) is 1. The van der Waals surface area contributed by atoms with Gasteiger partial charge in [-0.05, 0) is 50.5 Å². The maximum atomic E-state index is 11.3. The Morgan fingerprint density at radius 2 is 2.21 bits per heavy atom. The Labute approximate surface area is 114 Å². The van der Waals surface area contributed by atoms with Gasteiger partial charge in [0, 0.05) is 18.8 Å². The van der Waals surface area contributed by atoms with Crippen molar-refractivity contribution in [3.8, 4) is 5.75 Å². The van der Waals surface area contributed by atoms with Crippen molar-refractivity contribution >= 4 is 11.7 Å². The van der Waals surface area contributed by atoms with Crippen LogP contribution in [0.15, 0.2) is 18.2 Å². The van der Waals surface area contributed by atoms with E-state index in [2.05, 4.69) is 4.90 Å². The van der Waals surface area contributed by atoms with Gasteiger partial charge in [0.05, 0.1) is 12.5 Å². The fourth-order valence-corrected chi connectivity index (χ4v) is 2.67. The second-order valence-corrected chi connectivity index (χ2v) is 5.86. The molecule has 0 saturated heterocycles. The molecule has 0 radical (unpaired) electrons. The van der Waals surface area contributed by atoms with Gasteiger partial charge >= 0.3 is 5.97 Å². The predicted octanol–water partition coefficient (Wildman–Crippen LogP) is 2.56. The van der Waals surface area contributed by atoms with Crippen LogP contribution >= 0.6 is 0 Å². The summed E-state index contributed by atoms with van der Waals surface area (Å²) in [5.41, 5.74) is 1.70. The highest BCUT2D eigenvalue weighted by Crippen LogP contribution is 2.38. The summed E-state index contributed by atoms with van der Waals surface area (Å²) in [7, 11) is 3.69. The maximum absolute atomic E-state index is 11.3. The lowest BCUT2D eigenvalue weighted by Gasteiger charge is -2.29. The van der Waals surface area contributed by atoms with Crippen molar-refractivity contribution in [2.24, 2.45) is 5.41 Å². The van der Waals surface area contributed by atoms with E-state index in [1.54, 1.807) is 21.0 Å². The molecule has 104 valence electrons. The van der Waals surface area contributed by atoms with E-state index in [9.17, 15) is 9.90 Å². The number of hydrogen-bond acceptors (Lipinski definition) is 3. The Morgan fingerprint density at radius 1 is 1.53 bits per heavy atom. The Kier molecular flexibility index (Phi) is 3.43. The van der Waals surface area contributed by atoms with Crippen LogP contribution in [0.2, 0.25) is 0 Å². The van der Waals surface area contributed by atoms with Crippen LogP contribution in [0.5, 0.6) is 5.75 Å². The lowest BCUT2D eigenvalue weighted by atomic mass is 9.85. The van der Waals surface area contributed by atoms with Crippen LogP contribution in [0, 0.1) is 5.41 Å². The molecule has 19 heavy (non-hydrogen) atoms. The van der Waals surface area contributed by atoms with Gasteiger partial charge in [-0.1, -0.05) is 0 Å². The predicted molar refractivity (Wildman–Crippen MR) is 74.9 cm³/mol. The largest absolute Gasteiger partial charge is 0.497 e. The molecule has 0 saturated carbocycles. The molecule has 1 aliphatic rings. The minimum absolute atomic E-state index is 0.230. The van der Waals surface area contributed by atoms with Gasteiger partial charge in [0.15, 0.2) is 0 Å².